The third kappa shape index (κ3) is 5.01. The molecular formula is C16H21ClN4O2S2. The Kier molecular flexibility index (Phi) is 6.95. The molecule has 2 aromatic rings. The van der Waals surface area contributed by atoms with E-state index in [1.54, 1.807) is 11.3 Å². The minimum atomic E-state index is -0.0406. The van der Waals surface area contributed by atoms with E-state index in [9.17, 15) is 9.59 Å². The fourth-order valence-corrected chi connectivity index (χ4v) is 4.47. The lowest BCUT2D eigenvalue weighted by Gasteiger charge is -2.06. The van der Waals surface area contributed by atoms with E-state index in [2.05, 4.69) is 20.9 Å². The van der Waals surface area contributed by atoms with Gasteiger partial charge in [0.25, 0.3) is 0 Å². The van der Waals surface area contributed by atoms with Crippen LogP contribution in [0.4, 0.5) is 5.13 Å². The van der Waals surface area contributed by atoms with Crippen LogP contribution < -0.4 is 16.0 Å². The fraction of sp³-hybridized carbons (Fsp3) is 0.438. The Balaban J connectivity index is 0.00000225. The molecule has 3 heterocycles. The Hall–Kier alpha value is -1.48. The number of nitrogens with one attached hydrogen (secondary N) is 3. The van der Waals surface area contributed by atoms with Gasteiger partial charge < -0.3 is 16.0 Å². The van der Waals surface area contributed by atoms with Gasteiger partial charge in [0.2, 0.25) is 11.8 Å². The number of hydrogen-bond acceptors (Lipinski definition) is 6. The Morgan fingerprint density at radius 3 is 2.84 bits per heavy atom. The summed E-state index contributed by atoms with van der Waals surface area (Å²) in [4.78, 5) is 31.0. The first-order valence-electron chi connectivity index (χ1n) is 7.85. The van der Waals surface area contributed by atoms with Crippen LogP contribution in [0.1, 0.15) is 23.1 Å². The summed E-state index contributed by atoms with van der Waals surface area (Å²) >= 11 is 3.10. The van der Waals surface area contributed by atoms with Crippen molar-refractivity contribution in [2.75, 3.05) is 18.4 Å². The number of nitrogens with zero attached hydrogens (tertiary/aromatic N) is 1. The van der Waals surface area contributed by atoms with Crippen LogP contribution in [0.15, 0.2) is 12.1 Å². The molecule has 2 aromatic heterocycles. The number of carbonyl (C=O) groups excluding carboxylic acids is 2. The van der Waals surface area contributed by atoms with Crippen molar-refractivity contribution in [3.63, 3.8) is 0 Å². The van der Waals surface area contributed by atoms with Gasteiger partial charge in [-0.1, -0.05) is 0 Å². The Morgan fingerprint density at radius 2 is 2.16 bits per heavy atom. The van der Waals surface area contributed by atoms with Crippen LogP contribution in [-0.2, 0) is 16.1 Å². The molecule has 0 aromatic carbocycles. The molecule has 1 fully saturated rings. The topological polar surface area (TPSA) is 83.1 Å². The first-order valence-corrected chi connectivity index (χ1v) is 9.49. The number of hydrogen-bond donors (Lipinski definition) is 3. The Bertz CT molecular complexity index is 753. The molecule has 25 heavy (non-hydrogen) atoms. The molecule has 1 atom stereocenters. The summed E-state index contributed by atoms with van der Waals surface area (Å²) in [6, 6.07) is 4.01. The summed E-state index contributed by atoms with van der Waals surface area (Å²) in [5.41, 5.74) is 0.902. The van der Waals surface area contributed by atoms with E-state index in [0.717, 1.165) is 39.8 Å². The van der Waals surface area contributed by atoms with Gasteiger partial charge in [0.1, 0.15) is 0 Å². The number of rotatable bonds is 5. The number of halogens is 1. The molecule has 0 radical (unpaired) electrons. The molecule has 136 valence electrons. The number of aryl methyl sites for hydroxylation is 1. The molecular weight excluding hydrogens is 380 g/mol. The smallest absolute Gasteiger partial charge is 0.230 e. The SMILES string of the molecule is CC(=O)NCc1ccc(-c2nc(NC(=O)C3CCNC3)sc2C)s1.Cl. The number of thiophene rings is 1. The van der Waals surface area contributed by atoms with Gasteiger partial charge in [-0.3, -0.25) is 9.59 Å². The second-order valence-electron chi connectivity index (χ2n) is 5.78. The zero-order valence-electron chi connectivity index (χ0n) is 14.0. The van der Waals surface area contributed by atoms with Crippen molar-refractivity contribution in [1.29, 1.82) is 0 Å². The largest absolute Gasteiger partial charge is 0.351 e. The molecule has 1 aliphatic heterocycles. The van der Waals surface area contributed by atoms with Gasteiger partial charge in [-0.05, 0) is 32.0 Å². The van der Waals surface area contributed by atoms with E-state index in [4.69, 9.17) is 0 Å². The second-order valence-corrected chi connectivity index (χ2v) is 8.15. The van der Waals surface area contributed by atoms with Gasteiger partial charge in [-0.15, -0.1) is 35.1 Å². The molecule has 1 unspecified atom stereocenters. The van der Waals surface area contributed by atoms with Gasteiger partial charge in [-0.2, -0.15) is 0 Å². The fourth-order valence-electron chi connectivity index (χ4n) is 2.58. The molecule has 9 heteroatoms. The van der Waals surface area contributed by atoms with Crippen LogP contribution in [-0.4, -0.2) is 29.9 Å². The quantitative estimate of drug-likeness (QED) is 0.720. The van der Waals surface area contributed by atoms with Gasteiger partial charge in [0.05, 0.1) is 23.0 Å². The average molecular weight is 401 g/mol. The lowest BCUT2D eigenvalue weighted by Crippen LogP contribution is -2.24. The van der Waals surface area contributed by atoms with Crippen molar-refractivity contribution in [3.05, 3.63) is 21.9 Å². The molecule has 3 N–H and O–H groups in total. The molecule has 2 amide bonds. The van der Waals surface area contributed by atoms with Crippen molar-refractivity contribution in [3.8, 4) is 10.6 Å². The van der Waals surface area contributed by atoms with Gasteiger partial charge in [-0.25, -0.2) is 4.98 Å². The zero-order chi connectivity index (χ0) is 17.1. The molecule has 1 saturated heterocycles. The minimum Gasteiger partial charge on any atom is -0.351 e. The number of thiazole rings is 1. The number of carbonyl (C=O) groups is 2. The zero-order valence-corrected chi connectivity index (χ0v) is 16.5. The number of aromatic nitrogens is 1. The highest BCUT2D eigenvalue weighted by Gasteiger charge is 2.23. The number of anilines is 1. The van der Waals surface area contributed by atoms with Crippen molar-refractivity contribution >= 4 is 52.0 Å². The average Bonchev–Trinajstić information content (AvgIpc) is 3.25. The lowest BCUT2D eigenvalue weighted by molar-refractivity contribution is -0.120. The van der Waals surface area contributed by atoms with E-state index in [1.807, 2.05) is 19.1 Å². The van der Waals surface area contributed by atoms with Gasteiger partial charge in [0.15, 0.2) is 5.13 Å². The molecule has 0 aliphatic carbocycles. The first-order chi connectivity index (χ1) is 11.5. The monoisotopic (exact) mass is 400 g/mol. The highest BCUT2D eigenvalue weighted by atomic mass is 35.5. The van der Waals surface area contributed by atoms with Crippen molar-refractivity contribution in [1.82, 2.24) is 15.6 Å². The van der Waals surface area contributed by atoms with E-state index in [1.165, 1.54) is 18.3 Å². The molecule has 3 rings (SSSR count). The standard InChI is InChI=1S/C16H20N4O2S2.ClH/c1-9-14(13-4-3-12(24-13)8-18-10(2)21)19-16(23-9)20-15(22)11-5-6-17-7-11;/h3-4,11,17H,5-8H2,1-2H3,(H,18,21)(H,19,20,22);1H. The summed E-state index contributed by atoms with van der Waals surface area (Å²) in [5, 5.41) is 9.58. The molecule has 1 aliphatic rings. The predicted molar refractivity (Wildman–Crippen MR) is 105 cm³/mol. The Labute approximate surface area is 160 Å². The molecule has 6 nitrogen and oxygen atoms in total. The lowest BCUT2D eigenvalue weighted by atomic mass is 10.1. The highest BCUT2D eigenvalue weighted by Crippen LogP contribution is 2.34. The molecule has 0 saturated carbocycles. The van der Waals surface area contributed by atoms with Crippen molar-refractivity contribution < 1.29 is 9.59 Å². The summed E-state index contributed by atoms with van der Waals surface area (Å²) in [6.07, 6.45) is 0.875. The highest BCUT2D eigenvalue weighted by molar-refractivity contribution is 7.18. The maximum absolute atomic E-state index is 12.2. The van der Waals surface area contributed by atoms with E-state index in [0.29, 0.717) is 11.7 Å². The molecule has 0 spiro atoms. The van der Waals surface area contributed by atoms with Crippen LogP contribution in [0.3, 0.4) is 0 Å². The van der Waals surface area contributed by atoms with Crippen LogP contribution in [0, 0.1) is 12.8 Å². The maximum Gasteiger partial charge on any atom is 0.230 e. The minimum absolute atomic E-state index is 0. The molecule has 0 bridgehead atoms. The van der Waals surface area contributed by atoms with Gasteiger partial charge >= 0.3 is 0 Å². The van der Waals surface area contributed by atoms with Crippen LogP contribution in [0.5, 0.6) is 0 Å². The number of amides is 2. The third-order valence-electron chi connectivity index (χ3n) is 3.86. The summed E-state index contributed by atoms with van der Waals surface area (Å²) in [5.74, 6) is 0.0302. The van der Waals surface area contributed by atoms with Crippen molar-refractivity contribution in [2.45, 2.75) is 26.8 Å². The summed E-state index contributed by atoms with van der Waals surface area (Å²) < 4.78 is 0. The van der Waals surface area contributed by atoms with Gasteiger partial charge in [0, 0.05) is 23.2 Å². The van der Waals surface area contributed by atoms with E-state index < -0.39 is 0 Å². The van der Waals surface area contributed by atoms with Crippen LogP contribution >= 0.6 is 35.1 Å². The maximum atomic E-state index is 12.2. The van der Waals surface area contributed by atoms with E-state index >= 15 is 0 Å². The normalized spacial score (nSPS) is 16.3. The van der Waals surface area contributed by atoms with Crippen molar-refractivity contribution in [2.24, 2.45) is 5.92 Å². The van der Waals surface area contributed by atoms with Crippen LogP contribution in [0.25, 0.3) is 10.6 Å². The third-order valence-corrected chi connectivity index (χ3v) is 5.84. The first kappa shape index (κ1) is 19.8. The summed E-state index contributed by atoms with van der Waals surface area (Å²) in [7, 11) is 0. The van der Waals surface area contributed by atoms with Crippen LogP contribution in [0.2, 0.25) is 0 Å². The second kappa shape index (κ2) is 8.75. The summed E-state index contributed by atoms with van der Waals surface area (Å²) in [6.45, 7) is 5.68. The van der Waals surface area contributed by atoms with E-state index in [-0.39, 0.29) is 30.1 Å². The Morgan fingerprint density at radius 1 is 1.36 bits per heavy atom. The predicted octanol–water partition coefficient (Wildman–Crippen LogP) is 2.79.